The highest BCUT2D eigenvalue weighted by Gasteiger charge is 2.39. The summed E-state index contributed by atoms with van der Waals surface area (Å²) in [4.78, 5) is 20.2. The molecule has 1 aliphatic carbocycles. The highest BCUT2D eigenvalue weighted by atomic mass is 19.4. The highest BCUT2D eigenvalue weighted by Crippen LogP contribution is 2.43. The van der Waals surface area contributed by atoms with Gasteiger partial charge in [-0.15, -0.1) is 0 Å². The Bertz CT molecular complexity index is 645. The number of nitrogens with one attached hydrogen (secondary N) is 1. The van der Waals surface area contributed by atoms with Crippen LogP contribution in [0, 0.1) is 26.1 Å². The fourth-order valence-corrected chi connectivity index (χ4v) is 3.13. The number of nitro groups is 2. The van der Waals surface area contributed by atoms with E-state index in [2.05, 4.69) is 5.32 Å². The van der Waals surface area contributed by atoms with E-state index in [9.17, 15) is 33.4 Å². The van der Waals surface area contributed by atoms with Gasteiger partial charge in [-0.1, -0.05) is 6.42 Å². The maximum absolute atomic E-state index is 12.9. The molecule has 1 aliphatic rings. The van der Waals surface area contributed by atoms with Crippen LogP contribution in [0.15, 0.2) is 12.1 Å². The molecular formula is C14H16F3N3O5. The number of aliphatic hydroxyl groups excluding tert-OH is 1. The van der Waals surface area contributed by atoms with Crippen LogP contribution in [0.25, 0.3) is 0 Å². The summed E-state index contributed by atoms with van der Waals surface area (Å²) in [6, 6.07) is 0.206. The number of halogens is 3. The lowest BCUT2D eigenvalue weighted by molar-refractivity contribution is -0.392. The van der Waals surface area contributed by atoms with Crippen LogP contribution >= 0.6 is 0 Å². The molecular weight excluding hydrogens is 347 g/mol. The lowest BCUT2D eigenvalue weighted by Crippen LogP contribution is -2.26. The molecule has 2 atom stereocenters. The zero-order valence-electron chi connectivity index (χ0n) is 13.0. The van der Waals surface area contributed by atoms with Gasteiger partial charge >= 0.3 is 6.18 Å². The van der Waals surface area contributed by atoms with Crippen LogP contribution in [0.1, 0.15) is 31.2 Å². The molecule has 0 saturated heterocycles. The van der Waals surface area contributed by atoms with Gasteiger partial charge in [-0.3, -0.25) is 20.2 Å². The van der Waals surface area contributed by atoms with E-state index in [0.29, 0.717) is 25.0 Å². The molecule has 8 nitrogen and oxygen atoms in total. The normalized spacial score (nSPS) is 20.5. The monoisotopic (exact) mass is 363 g/mol. The SMILES string of the molecule is O=[N+]([O-])c1cc(C(F)(F)F)cc([N+](=O)[O-])c1NC1CCCC1CCO. The fraction of sp³-hybridized carbons (Fsp3) is 0.571. The number of aliphatic hydroxyl groups is 1. The molecule has 1 fully saturated rings. The van der Waals surface area contributed by atoms with Crippen LogP contribution in [-0.2, 0) is 6.18 Å². The van der Waals surface area contributed by atoms with E-state index in [-0.39, 0.29) is 18.6 Å². The molecule has 0 aliphatic heterocycles. The first kappa shape index (κ1) is 18.9. The summed E-state index contributed by atoms with van der Waals surface area (Å²) < 4.78 is 38.6. The second-order valence-corrected chi connectivity index (χ2v) is 5.86. The number of nitro benzene ring substituents is 2. The summed E-state index contributed by atoms with van der Waals surface area (Å²) in [7, 11) is 0. The van der Waals surface area contributed by atoms with Gasteiger partial charge < -0.3 is 10.4 Å². The molecule has 1 aromatic carbocycles. The Hall–Kier alpha value is -2.43. The molecule has 0 bridgehead atoms. The number of rotatable bonds is 6. The third-order valence-electron chi connectivity index (χ3n) is 4.31. The van der Waals surface area contributed by atoms with Crippen LogP contribution < -0.4 is 5.32 Å². The molecule has 2 unspecified atom stereocenters. The van der Waals surface area contributed by atoms with Crippen molar-refractivity contribution in [2.75, 3.05) is 11.9 Å². The van der Waals surface area contributed by atoms with Crippen LogP contribution in [0.5, 0.6) is 0 Å². The zero-order valence-corrected chi connectivity index (χ0v) is 13.0. The van der Waals surface area contributed by atoms with Gasteiger partial charge in [-0.05, 0) is 25.2 Å². The summed E-state index contributed by atoms with van der Waals surface area (Å²) in [6.45, 7) is -0.111. The average molecular weight is 363 g/mol. The Kier molecular flexibility index (Phi) is 5.45. The molecule has 0 spiro atoms. The zero-order chi connectivity index (χ0) is 18.8. The number of hydrogen-bond donors (Lipinski definition) is 2. The molecule has 2 rings (SSSR count). The van der Waals surface area contributed by atoms with Gasteiger partial charge in [0.15, 0.2) is 5.69 Å². The Morgan fingerprint density at radius 2 is 1.72 bits per heavy atom. The molecule has 0 aromatic heterocycles. The van der Waals surface area contributed by atoms with Crippen LogP contribution in [0.3, 0.4) is 0 Å². The predicted octanol–water partition coefficient (Wildman–Crippen LogP) is 3.48. The van der Waals surface area contributed by atoms with Crippen molar-refractivity contribution in [3.05, 3.63) is 37.9 Å². The molecule has 1 saturated carbocycles. The van der Waals surface area contributed by atoms with Gasteiger partial charge in [-0.2, -0.15) is 13.2 Å². The molecule has 0 heterocycles. The second kappa shape index (κ2) is 7.21. The van der Waals surface area contributed by atoms with Gasteiger partial charge in [-0.25, -0.2) is 0 Å². The molecule has 2 N–H and O–H groups in total. The summed E-state index contributed by atoms with van der Waals surface area (Å²) in [5, 5.41) is 34.1. The van der Waals surface area contributed by atoms with E-state index in [4.69, 9.17) is 5.11 Å². The van der Waals surface area contributed by atoms with E-state index < -0.39 is 38.6 Å². The Labute approximate surface area is 139 Å². The first-order valence-corrected chi connectivity index (χ1v) is 7.56. The van der Waals surface area contributed by atoms with E-state index >= 15 is 0 Å². The van der Waals surface area contributed by atoms with Gasteiger partial charge in [0.2, 0.25) is 0 Å². The maximum atomic E-state index is 12.9. The predicted molar refractivity (Wildman–Crippen MR) is 81.2 cm³/mol. The number of hydrogen-bond acceptors (Lipinski definition) is 6. The molecule has 1 aromatic rings. The Morgan fingerprint density at radius 1 is 1.16 bits per heavy atom. The first-order valence-electron chi connectivity index (χ1n) is 7.56. The lowest BCUT2D eigenvalue weighted by Gasteiger charge is -2.21. The highest BCUT2D eigenvalue weighted by molar-refractivity contribution is 5.75. The van der Waals surface area contributed by atoms with E-state index in [0.717, 1.165) is 12.8 Å². The molecule has 0 amide bonds. The Morgan fingerprint density at radius 3 is 2.16 bits per heavy atom. The van der Waals surface area contributed by atoms with Crippen molar-refractivity contribution in [1.82, 2.24) is 0 Å². The standard InChI is InChI=1S/C14H16F3N3O5/c15-14(16,17)9-6-11(19(22)23)13(12(7-9)20(24)25)18-10-3-1-2-8(10)4-5-21/h6-8,10,18,21H,1-5H2. The summed E-state index contributed by atoms with van der Waals surface area (Å²) >= 11 is 0. The summed E-state index contributed by atoms with van der Waals surface area (Å²) in [5.74, 6) is -0.0634. The Balaban J connectivity index is 2.51. The average Bonchev–Trinajstić information content (AvgIpc) is 2.93. The second-order valence-electron chi connectivity index (χ2n) is 5.86. The smallest absolute Gasteiger partial charge is 0.396 e. The van der Waals surface area contributed by atoms with Gasteiger partial charge in [0.05, 0.1) is 15.4 Å². The van der Waals surface area contributed by atoms with Crippen LogP contribution in [-0.4, -0.2) is 27.6 Å². The van der Waals surface area contributed by atoms with Crippen molar-refractivity contribution in [2.45, 2.75) is 37.9 Å². The quantitative estimate of drug-likeness (QED) is 0.590. The molecule has 25 heavy (non-hydrogen) atoms. The van der Waals surface area contributed by atoms with Crippen molar-refractivity contribution < 1.29 is 28.1 Å². The minimum absolute atomic E-state index is 0.0634. The summed E-state index contributed by atoms with van der Waals surface area (Å²) in [5.41, 5.74) is -3.96. The van der Waals surface area contributed by atoms with E-state index in [1.807, 2.05) is 0 Å². The van der Waals surface area contributed by atoms with Crippen LogP contribution in [0.2, 0.25) is 0 Å². The first-order chi connectivity index (χ1) is 11.6. The van der Waals surface area contributed by atoms with E-state index in [1.54, 1.807) is 0 Å². The minimum atomic E-state index is -4.94. The van der Waals surface area contributed by atoms with Crippen LogP contribution in [0.4, 0.5) is 30.2 Å². The van der Waals surface area contributed by atoms with Gasteiger partial charge in [0, 0.05) is 24.8 Å². The van der Waals surface area contributed by atoms with E-state index in [1.165, 1.54) is 0 Å². The third kappa shape index (κ3) is 4.16. The van der Waals surface area contributed by atoms with Gasteiger partial charge in [0.25, 0.3) is 11.4 Å². The number of nitrogens with zero attached hydrogens (tertiary/aromatic N) is 2. The van der Waals surface area contributed by atoms with Crippen molar-refractivity contribution in [3.8, 4) is 0 Å². The number of benzene rings is 1. The molecule has 138 valence electrons. The lowest BCUT2D eigenvalue weighted by atomic mass is 9.99. The van der Waals surface area contributed by atoms with Crippen molar-refractivity contribution in [2.24, 2.45) is 5.92 Å². The molecule has 0 radical (unpaired) electrons. The van der Waals surface area contributed by atoms with Crippen molar-refractivity contribution >= 4 is 17.1 Å². The fourth-order valence-electron chi connectivity index (χ4n) is 3.13. The van der Waals surface area contributed by atoms with Crippen molar-refractivity contribution in [3.63, 3.8) is 0 Å². The largest absolute Gasteiger partial charge is 0.416 e. The minimum Gasteiger partial charge on any atom is -0.396 e. The molecule has 11 heteroatoms. The summed E-state index contributed by atoms with van der Waals surface area (Å²) in [6.07, 6.45) is -2.51. The number of anilines is 1. The van der Waals surface area contributed by atoms with Gasteiger partial charge in [0.1, 0.15) is 0 Å². The third-order valence-corrected chi connectivity index (χ3v) is 4.31. The van der Waals surface area contributed by atoms with Crippen molar-refractivity contribution in [1.29, 1.82) is 0 Å². The topological polar surface area (TPSA) is 119 Å². The number of alkyl halides is 3. The maximum Gasteiger partial charge on any atom is 0.416 e.